The van der Waals surface area contributed by atoms with Crippen molar-refractivity contribution >= 4 is 23.2 Å². The van der Waals surface area contributed by atoms with Crippen molar-refractivity contribution in [3.05, 3.63) is 47.3 Å². The molecule has 1 aliphatic rings. The molecule has 4 N–H and O–H groups in total. The molecule has 1 aromatic carbocycles. The van der Waals surface area contributed by atoms with Crippen LogP contribution in [-0.2, 0) is 4.79 Å². The summed E-state index contributed by atoms with van der Waals surface area (Å²) in [4.78, 5) is 15.3. The zero-order valence-corrected chi connectivity index (χ0v) is 13.4. The van der Waals surface area contributed by atoms with Crippen molar-refractivity contribution in [3.63, 3.8) is 0 Å². The van der Waals surface area contributed by atoms with Gasteiger partial charge in [-0.2, -0.15) is 0 Å². The number of nitrogens with zero attached hydrogens (tertiary/aromatic N) is 1. The minimum absolute atomic E-state index is 0.0910. The molecule has 0 saturated heterocycles. The van der Waals surface area contributed by atoms with Gasteiger partial charge in [-0.05, 0) is 24.3 Å². The number of hydrogen-bond donors (Lipinski definition) is 3. The number of rotatable bonds is 3. The second kappa shape index (κ2) is 6.81. The van der Waals surface area contributed by atoms with E-state index in [-0.39, 0.29) is 23.0 Å². The highest BCUT2D eigenvalue weighted by molar-refractivity contribution is 6.35. The first-order valence-electron chi connectivity index (χ1n) is 7.51. The zero-order chi connectivity index (χ0) is 18.0. The van der Waals surface area contributed by atoms with Crippen molar-refractivity contribution in [2.24, 2.45) is 5.73 Å². The third-order valence-electron chi connectivity index (χ3n) is 3.77. The van der Waals surface area contributed by atoms with Gasteiger partial charge in [-0.25, -0.2) is 0 Å². The van der Waals surface area contributed by atoms with E-state index in [9.17, 15) is 9.28 Å². The Balaban J connectivity index is 2.15. The molecular weight excluding hydrogens is 325 g/mol. The summed E-state index contributed by atoms with van der Waals surface area (Å²) < 4.78 is 19.5. The number of H-pyrrole nitrogens is 1. The second-order valence-electron chi connectivity index (χ2n) is 5.36. The third kappa shape index (κ3) is 3.01. The lowest BCUT2D eigenvalue weighted by atomic mass is 9.99. The van der Waals surface area contributed by atoms with Crippen LogP contribution in [-0.4, -0.2) is 35.8 Å². The van der Waals surface area contributed by atoms with Crippen molar-refractivity contribution in [2.45, 2.75) is 6.04 Å². The minimum Gasteiger partial charge on any atom is -0.495 e. The number of nitrogens with two attached hydrogens (primary N) is 1. The number of carbonyl (C=O) groups is 1. The number of aliphatic hydroxyl groups is 1. The number of benzene rings is 1. The first-order chi connectivity index (χ1) is 12.1. The second-order valence-corrected chi connectivity index (χ2v) is 5.36. The number of anilines is 1. The van der Waals surface area contributed by atoms with Gasteiger partial charge in [-0.1, -0.05) is 22.4 Å². The number of nitrogens with one attached hydrogen (secondary N) is 1. The molecule has 6 nitrogen and oxygen atoms in total. The fourth-order valence-electron chi connectivity index (χ4n) is 2.57. The van der Waals surface area contributed by atoms with E-state index in [1.807, 2.05) is 0 Å². The molecule has 7 heteroatoms. The number of hydrogen-bond acceptors (Lipinski definition) is 4. The molecular formula is C18H16FN3O3. The summed E-state index contributed by atoms with van der Waals surface area (Å²) in [5.74, 6) is 5.24. The highest BCUT2D eigenvalue weighted by atomic mass is 19.2. The summed E-state index contributed by atoms with van der Waals surface area (Å²) in [6.07, 6.45) is 3.18. The van der Waals surface area contributed by atoms with Crippen molar-refractivity contribution in [1.29, 1.82) is 0 Å². The summed E-state index contributed by atoms with van der Waals surface area (Å²) >= 11 is 0. The maximum Gasteiger partial charge on any atom is 0.287 e. The lowest BCUT2D eigenvalue weighted by Crippen LogP contribution is -2.21. The molecule has 0 radical (unpaired) electrons. The Morgan fingerprint density at radius 3 is 3.00 bits per heavy atom. The first-order valence-corrected chi connectivity index (χ1v) is 7.51. The molecule has 1 aliphatic heterocycles. The number of fused-ring (bicyclic) bond motifs is 1. The zero-order valence-electron chi connectivity index (χ0n) is 13.4. The molecule has 2 heterocycles. The van der Waals surface area contributed by atoms with Crippen LogP contribution in [0.1, 0.15) is 16.8 Å². The van der Waals surface area contributed by atoms with Crippen LogP contribution in [0.2, 0.25) is 0 Å². The van der Waals surface area contributed by atoms with Crippen LogP contribution < -0.4 is 15.6 Å². The molecule has 0 saturated carbocycles. The molecule has 128 valence electrons. The monoisotopic (exact) mass is 341 g/mol. The Morgan fingerprint density at radius 1 is 1.48 bits per heavy atom. The Bertz CT molecular complexity index is 908. The van der Waals surface area contributed by atoms with Crippen LogP contribution >= 0.6 is 0 Å². The Labute approximate surface area is 143 Å². The van der Waals surface area contributed by atoms with E-state index in [1.165, 1.54) is 19.3 Å². The van der Waals surface area contributed by atoms with E-state index < -0.39 is 11.9 Å². The normalized spacial score (nSPS) is 15.8. The Kier molecular flexibility index (Phi) is 4.57. The van der Waals surface area contributed by atoms with E-state index >= 15 is 0 Å². The van der Waals surface area contributed by atoms with Crippen molar-refractivity contribution < 1.29 is 19.1 Å². The van der Waals surface area contributed by atoms with E-state index in [4.69, 9.17) is 15.6 Å². The number of halogens is 1. The summed E-state index contributed by atoms with van der Waals surface area (Å²) in [6, 6.07) is 5.75. The van der Waals surface area contributed by atoms with Gasteiger partial charge in [0.15, 0.2) is 0 Å². The number of methoxy groups -OCH3 is 1. The van der Waals surface area contributed by atoms with Crippen molar-refractivity contribution in [3.8, 4) is 17.6 Å². The van der Waals surface area contributed by atoms with Gasteiger partial charge < -0.3 is 20.6 Å². The molecule has 0 unspecified atom stereocenters. The van der Waals surface area contributed by atoms with Crippen molar-refractivity contribution in [2.75, 3.05) is 18.8 Å². The summed E-state index contributed by atoms with van der Waals surface area (Å²) in [5.41, 5.74) is 7.23. The average molecular weight is 341 g/mol. The number of ether oxygens (including phenoxy) is 1. The van der Waals surface area contributed by atoms with Gasteiger partial charge in [0.25, 0.3) is 5.91 Å². The Hall–Kier alpha value is -3.08. The highest BCUT2D eigenvalue weighted by Crippen LogP contribution is 2.40. The number of aromatic amines is 1. The van der Waals surface area contributed by atoms with Gasteiger partial charge in [0.1, 0.15) is 5.75 Å². The summed E-state index contributed by atoms with van der Waals surface area (Å²) in [5, 5.41) is 9.08. The maximum absolute atomic E-state index is 14.3. The number of aromatic nitrogens is 1. The van der Waals surface area contributed by atoms with Crippen LogP contribution in [0.5, 0.6) is 5.75 Å². The fraction of sp³-hybridized carbons (Fsp3) is 0.167. The standard InChI is InChI=1S/C18H16FN3O3/c1-25-16-7-8-21-14(16)9-13-17-11(5-6-12(20)10-23)3-2-4-15(17)22(19)18(13)24/h2-4,7-9,12,21,23H,10,20H2,1H3/t12-/m1/s1. The van der Waals surface area contributed by atoms with Crippen molar-refractivity contribution in [1.82, 2.24) is 4.98 Å². The minimum atomic E-state index is -0.785. The van der Waals surface area contributed by atoms with E-state index in [0.717, 1.165) is 0 Å². The van der Waals surface area contributed by atoms with Crippen LogP contribution in [0.3, 0.4) is 0 Å². The summed E-state index contributed by atoms with van der Waals surface area (Å²) in [7, 11) is 1.50. The van der Waals surface area contributed by atoms with Crippen LogP contribution in [0, 0.1) is 11.8 Å². The highest BCUT2D eigenvalue weighted by Gasteiger charge is 2.35. The quantitative estimate of drug-likeness (QED) is 0.448. The lowest BCUT2D eigenvalue weighted by Gasteiger charge is -2.04. The van der Waals surface area contributed by atoms with Gasteiger partial charge in [0, 0.05) is 17.3 Å². The Morgan fingerprint density at radius 2 is 2.28 bits per heavy atom. The summed E-state index contributed by atoms with van der Waals surface area (Å²) in [6.45, 7) is -0.293. The van der Waals surface area contributed by atoms with Gasteiger partial charge >= 0.3 is 0 Å². The number of aliphatic hydroxyl groups excluding tert-OH is 1. The predicted octanol–water partition coefficient (Wildman–Crippen LogP) is 1.47. The molecule has 1 aromatic heterocycles. The number of carbonyl (C=O) groups excluding carboxylic acids is 1. The average Bonchev–Trinajstić information content (AvgIpc) is 3.18. The molecule has 3 rings (SSSR count). The lowest BCUT2D eigenvalue weighted by molar-refractivity contribution is -0.115. The maximum atomic E-state index is 14.3. The predicted molar refractivity (Wildman–Crippen MR) is 92.2 cm³/mol. The third-order valence-corrected chi connectivity index (χ3v) is 3.77. The molecule has 1 atom stereocenters. The van der Waals surface area contributed by atoms with Gasteiger partial charge in [0.2, 0.25) is 0 Å². The SMILES string of the molecule is COc1cc[nH]c1C=C1C(=O)N(F)c2cccc(C#C[C@@H](N)CO)c21. The largest absolute Gasteiger partial charge is 0.495 e. The van der Waals surface area contributed by atoms with Gasteiger partial charge in [0.05, 0.1) is 36.7 Å². The fourth-order valence-corrected chi connectivity index (χ4v) is 2.57. The van der Waals surface area contributed by atoms with Gasteiger partial charge in [-0.3, -0.25) is 4.79 Å². The molecule has 25 heavy (non-hydrogen) atoms. The van der Waals surface area contributed by atoms with E-state index in [1.54, 1.807) is 24.4 Å². The molecule has 0 bridgehead atoms. The van der Waals surface area contributed by atoms with Crippen LogP contribution in [0.4, 0.5) is 10.2 Å². The molecule has 0 fully saturated rings. The molecule has 1 amide bonds. The number of amides is 1. The van der Waals surface area contributed by atoms with Gasteiger partial charge in [-0.15, -0.1) is 5.12 Å². The van der Waals surface area contributed by atoms with E-state index in [2.05, 4.69) is 16.8 Å². The molecule has 0 aliphatic carbocycles. The first kappa shape index (κ1) is 16.8. The smallest absolute Gasteiger partial charge is 0.287 e. The van der Waals surface area contributed by atoms with Crippen LogP contribution in [0.15, 0.2) is 30.5 Å². The molecule has 0 spiro atoms. The topological polar surface area (TPSA) is 91.6 Å². The molecule has 2 aromatic rings. The van der Waals surface area contributed by atoms with Crippen LogP contribution in [0.25, 0.3) is 11.6 Å². The van der Waals surface area contributed by atoms with E-state index in [0.29, 0.717) is 22.6 Å².